The van der Waals surface area contributed by atoms with Gasteiger partial charge in [-0.25, -0.2) is 0 Å². The van der Waals surface area contributed by atoms with Gasteiger partial charge in [0.25, 0.3) is 0 Å². The van der Waals surface area contributed by atoms with E-state index in [1.807, 2.05) is 0 Å². The fourth-order valence-corrected chi connectivity index (χ4v) is 0.951. The summed E-state index contributed by atoms with van der Waals surface area (Å²) < 4.78 is 14.8. The Morgan fingerprint density at radius 2 is 1.37 bits per heavy atom. The number of aliphatic hydroxyl groups excluding tert-OH is 3. The van der Waals surface area contributed by atoms with E-state index in [1.54, 1.807) is 6.92 Å². The van der Waals surface area contributed by atoms with E-state index in [9.17, 15) is 0 Å². The lowest BCUT2D eigenvalue weighted by Gasteiger charge is -2.03. The average Bonchev–Trinajstić information content (AvgIpc) is 2.39. The van der Waals surface area contributed by atoms with Crippen molar-refractivity contribution in [2.24, 2.45) is 0 Å². The van der Waals surface area contributed by atoms with Crippen LogP contribution in [0.2, 0.25) is 0 Å². The number of ether oxygens (including phenoxy) is 3. The molecule has 0 heterocycles. The Kier molecular flexibility index (Phi) is 22.3. The average molecular weight is 282 g/mol. The Balaban J connectivity index is 0. The van der Waals surface area contributed by atoms with E-state index in [0.717, 1.165) is 19.4 Å². The first-order chi connectivity index (χ1) is 9.18. The molecule has 1 atom stereocenters. The van der Waals surface area contributed by atoms with Crippen LogP contribution in [-0.4, -0.2) is 74.3 Å². The summed E-state index contributed by atoms with van der Waals surface area (Å²) in [5.74, 6) is 0. The zero-order valence-electron chi connectivity index (χ0n) is 12.2. The van der Waals surface area contributed by atoms with Gasteiger partial charge in [-0.3, -0.25) is 0 Å². The molecule has 0 saturated carbocycles. The van der Waals surface area contributed by atoms with Crippen molar-refractivity contribution in [2.45, 2.75) is 32.8 Å². The normalized spacial score (nSPS) is 11.8. The molecule has 0 saturated heterocycles. The van der Waals surface area contributed by atoms with E-state index in [4.69, 9.17) is 29.5 Å². The van der Waals surface area contributed by atoms with Gasteiger partial charge in [0.05, 0.1) is 52.4 Å². The van der Waals surface area contributed by atoms with Crippen molar-refractivity contribution in [2.75, 3.05) is 52.9 Å². The Hall–Kier alpha value is -0.240. The molecule has 6 heteroatoms. The van der Waals surface area contributed by atoms with Gasteiger partial charge in [0, 0.05) is 6.61 Å². The van der Waals surface area contributed by atoms with Gasteiger partial charge in [0.15, 0.2) is 0 Å². The third-order valence-corrected chi connectivity index (χ3v) is 1.84. The van der Waals surface area contributed by atoms with Gasteiger partial charge >= 0.3 is 0 Å². The van der Waals surface area contributed by atoms with Gasteiger partial charge in [0.1, 0.15) is 0 Å². The maximum atomic E-state index is 8.73. The van der Waals surface area contributed by atoms with Gasteiger partial charge in [0.2, 0.25) is 0 Å². The minimum atomic E-state index is -0.318. The first-order valence-corrected chi connectivity index (χ1v) is 6.82. The van der Waals surface area contributed by atoms with Gasteiger partial charge in [-0.2, -0.15) is 0 Å². The smallest absolute Gasteiger partial charge is 0.0745 e. The molecule has 0 aromatic rings. The number of hydrogen-bond acceptors (Lipinski definition) is 6. The molecule has 0 aliphatic heterocycles. The Morgan fingerprint density at radius 1 is 0.842 bits per heavy atom. The van der Waals surface area contributed by atoms with Crippen LogP contribution in [0.15, 0.2) is 0 Å². The van der Waals surface area contributed by atoms with Crippen molar-refractivity contribution in [3.05, 3.63) is 0 Å². The van der Waals surface area contributed by atoms with E-state index in [-0.39, 0.29) is 19.3 Å². The summed E-state index contributed by atoms with van der Waals surface area (Å²) in [6.45, 7) is 6.82. The SMILES string of the molecule is CCCCOCC(C)O.OCCOCCOCCO. The summed E-state index contributed by atoms with van der Waals surface area (Å²) in [6, 6.07) is 0. The highest BCUT2D eigenvalue weighted by Gasteiger charge is 1.92. The summed E-state index contributed by atoms with van der Waals surface area (Å²) in [4.78, 5) is 0. The third kappa shape index (κ3) is 27.1. The van der Waals surface area contributed by atoms with Crippen molar-refractivity contribution < 1.29 is 29.5 Å². The predicted molar refractivity (Wildman–Crippen MR) is 73.2 cm³/mol. The molecule has 0 aromatic carbocycles. The topological polar surface area (TPSA) is 88.4 Å². The highest BCUT2D eigenvalue weighted by atomic mass is 16.5. The fourth-order valence-electron chi connectivity index (χ4n) is 0.951. The van der Waals surface area contributed by atoms with Crippen LogP contribution in [0.1, 0.15) is 26.7 Å². The molecule has 0 fully saturated rings. The Labute approximate surface area is 116 Å². The van der Waals surface area contributed by atoms with Crippen molar-refractivity contribution >= 4 is 0 Å². The molecule has 0 aliphatic carbocycles. The Bertz CT molecular complexity index is 135. The lowest BCUT2D eigenvalue weighted by Crippen LogP contribution is -2.10. The first kappa shape index (κ1) is 21.1. The zero-order chi connectivity index (χ0) is 14.8. The van der Waals surface area contributed by atoms with Crippen LogP contribution in [0, 0.1) is 0 Å². The predicted octanol–water partition coefficient (Wildman–Crippen LogP) is 0.188. The van der Waals surface area contributed by atoms with E-state index in [0.29, 0.717) is 33.0 Å². The molecule has 19 heavy (non-hydrogen) atoms. The van der Waals surface area contributed by atoms with Crippen LogP contribution in [0.5, 0.6) is 0 Å². The summed E-state index contributed by atoms with van der Waals surface area (Å²) in [7, 11) is 0. The highest BCUT2D eigenvalue weighted by Crippen LogP contribution is 1.89. The third-order valence-electron chi connectivity index (χ3n) is 1.84. The fraction of sp³-hybridized carbons (Fsp3) is 1.00. The van der Waals surface area contributed by atoms with Crippen LogP contribution in [0.25, 0.3) is 0 Å². The first-order valence-electron chi connectivity index (χ1n) is 6.82. The molecule has 0 spiro atoms. The van der Waals surface area contributed by atoms with Crippen molar-refractivity contribution in [3.63, 3.8) is 0 Å². The van der Waals surface area contributed by atoms with E-state index < -0.39 is 0 Å². The van der Waals surface area contributed by atoms with E-state index >= 15 is 0 Å². The molecule has 0 amide bonds. The lowest BCUT2D eigenvalue weighted by molar-refractivity contribution is 0.0222. The lowest BCUT2D eigenvalue weighted by atomic mass is 10.4. The minimum Gasteiger partial charge on any atom is -0.394 e. The van der Waals surface area contributed by atoms with Crippen molar-refractivity contribution in [3.8, 4) is 0 Å². The second-order valence-corrected chi connectivity index (χ2v) is 3.95. The maximum absolute atomic E-state index is 8.73. The standard InChI is InChI=1S/C7H16O2.C6H14O4/c1-3-4-5-9-6-7(2)8;7-1-3-9-5-6-10-4-2-8/h7-8H,3-6H2,1-2H3;7-8H,1-6H2. The molecule has 1 unspecified atom stereocenters. The summed E-state index contributed by atoms with van der Waals surface area (Å²) in [6.07, 6.45) is 1.92. The molecule has 0 rings (SSSR count). The van der Waals surface area contributed by atoms with Crippen LogP contribution in [0.3, 0.4) is 0 Å². The van der Waals surface area contributed by atoms with Crippen LogP contribution < -0.4 is 0 Å². The minimum absolute atomic E-state index is 0.0417. The highest BCUT2D eigenvalue weighted by molar-refractivity contribution is 4.41. The van der Waals surface area contributed by atoms with Crippen molar-refractivity contribution in [1.82, 2.24) is 0 Å². The van der Waals surface area contributed by atoms with Gasteiger partial charge in [-0.1, -0.05) is 13.3 Å². The summed E-state index contributed by atoms with van der Waals surface area (Å²) >= 11 is 0. The molecule has 0 bridgehead atoms. The number of aliphatic hydroxyl groups is 3. The van der Waals surface area contributed by atoms with Crippen LogP contribution in [-0.2, 0) is 14.2 Å². The summed E-state index contributed by atoms with van der Waals surface area (Å²) in [5, 5.41) is 25.3. The van der Waals surface area contributed by atoms with E-state index in [2.05, 4.69) is 6.92 Å². The molecule has 0 aromatic heterocycles. The number of rotatable bonds is 12. The van der Waals surface area contributed by atoms with Crippen LogP contribution in [0.4, 0.5) is 0 Å². The van der Waals surface area contributed by atoms with Gasteiger partial charge in [-0.15, -0.1) is 0 Å². The van der Waals surface area contributed by atoms with E-state index in [1.165, 1.54) is 0 Å². The molecule has 6 nitrogen and oxygen atoms in total. The summed E-state index contributed by atoms with van der Waals surface area (Å²) in [5.41, 5.74) is 0. The van der Waals surface area contributed by atoms with Gasteiger partial charge < -0.3 is 29.5 Å². The number of unbranched alkanes of at least 4 members (excludes halogenated alkanes) is 1. The second kappa shape index (κ2) is 20.1. The largest absolute Gasteiger partial charge is 0.394 e. The molecule has 0 radical (unpaired) electrons. The second-order valence-electron chi connectivity index (χ2n) is 3.95. The molecule has 118 valence electrons. The monoisotopic (exact) mass is 282 g/mol. The quantitative estimate of drug-likeness (QED) is 0.443. The number of hydrogen-bond donors (Lipinski definition) is 3. The zero-order valence-corrected chi connectivity index (χ0v) is 12.2. The Morgan fingerprint density at radius 3 is 1.74 bits per heavy atom. The molecular weight excluding hydrogens is 252 g/mol. The maximum Gasteiger partial charge on any atom is 0.0745 e. The van der Waals surface area contributed by atoms with Crippen molar-refractivity contribution in [1.29, 1.82) is 0 Å². The van der Waals surface area contributed by atoms with Crippen LogP contribution >= 0.6 is 0 Å². The molecule has 3 N–H and O–H groups in total. The van der Waals surface area contributed by atoms with Gasteiger partial charge in [-0.05, 0) is 13.3 Å². The molecule has 0 aliphatic rings. The molecular formula is C13H30O6.